The Balaban J connectivity index is 1.98. The van der Waals surface area contributed by atoms with E-state index >= 15 is 0 Å². The highest BCUT2D eigenvalue weighted by molar-refractivity contribution is 7.13. The molecule has 0 aliphatic carbocycles. The lowest BCUT2D eigenvalue weighted by molar-refractivity contribution is 0.0992. The first-order valence-electron chi connectivity index (χ1n) is 5.10. The highest BCUT2D eigenvalue weighted by atomic mass is 32.1. The molecule has 0 saturated carbocycles. The van der Waals surface area contributed by atoms with E-state index in [4.69, 9.17) is 0 Å². The normalized spacial score (nSPS) is 15.0. The summed E-state index contributed by atoms with van der Waals surface area (Å²) in [6.07, 6.45) is 1.77. The van der Waals surface area contributed by atoms with E-state index in [1.54, 1.807) is 17.5 Å². The van der Waals surface area contributed by atoms with Gasteiger partial charge in [-0.2, -0.15) is 0 Å². The van der Waals surface area contributed by atoms with Crippen LogP contribution in [-0.4, -0.2) is 17.3 Å². The van der Waals surface area contributed by atoms with Crippen molar-refractivity contribution in [2.75, 3.05) is 11.4 Å². The number of anilines is 1. The minimum atomic E-state index is 0.178. The summed E-state index contributed by atoms with van der Waals surface area (Å²) >= 11 is 1.57. The SMILES string of the molecule is O=C1CN(c2nccs2)Cc2ccccc21. The van der Waals surface area contributed by atoms with Gasteiger partial charge < -0.3 is 4.90 Å². The molecule has 1 aromatic carbocycles. The summed E-state index contributed by atoms with van der Waals surface area (Å²) in [5.74, 6) is 0.178. The van der Waals surface area contributed by atoms with Crippen molar-refractivity contribution in [3.63, 3.8) is 0 Å². The lowest BCUT2D eigenvalue weighted by Crippen LogP contribution is -2.34. The number of ketones is 1. The predicted molar refractivity (Wildman–Crippen MR) is 63.9 cm³/mol. The zero-order chi connectivity index (χ0) is 11.0. The quantitative estimate of drug-likeness (QED) is 0.754. The van der Waals surface area contributed by atoms with Crippen molar-refractivity contribution in [2.24, 2.45) is 0 Å². The number of carbonyl (C=O) groups is 1. The minimum Gasteiger partial charge on any atom is -0.336 e. The number of thiazole rings is 1. The van der Waals surface area contributed by atoms with Gasteiger partial charge in [0.2, 0.25) is 0 Å². The molecule has 0 unspecified atom stereocenters. The second-order valence-corrected chi connectivity index (χ2v) is 4.62. The number of fused-ring (bicyclic) bond motifs is 1. The van der Waals surface area contributed by atoms with Crippen LogP contribution < -0.4 is 4.90 Å². The molecule has 0 fully saturated rings. The highest BCUT2D eigenvalue weighted by Crippen LogP contribution is 2.25. The third kappa shape index (κ3) is 1.51. The summed E-state index contributed by atoms with van der Waals surface area (Å²) in [4.78, 5) is 18.2. The van der Waals surface area contributed by atoms with E-state index in [0.29, 0.717) is 6.54 Å². The van der Waals surface area contributed by atoms with E-state index in [2.05, 4.69) is 4.98 Å². The monoisotopic (exact) mass is 230 g/mol. The molecule has 1 aliphatic rings. The van der Waals surface area contributed by atoms with Crippen LogP contribution in [0.4, 0.5) is 5.13 Å². The number of aromatic nitrogens is 1. The van der Waals surface area contributed by atoms with Gasteiger partial charge >= 0.3 is 0 Å². The molecule has 2 heterocycles. The fraction of sp³-hybridized carbons (Fsp3) is 0.167. The fourth-order valence-electron chi connectivity index (χ4n) is 1.96. The summed E-state index contributed by atoms with van der Waals surface area (Å²) in [5.41, 5.74) is 1.95. The Morgan fingerprint density at radius 2 is 2.12 bits per heavy atom. The smallest absolute Gasteiger partial charge is 0.185 e. The summed E-state index contributed by atoms with van der Waals surface area (Å²) in [5, 5.41) is 2.85. The Labute approximate surface area is 97.4 Å². The first-order valence-corrected chi connectivity index (χ1v) is 5.98. The minimum absolute atomic E-state index is 0.178. The third-order valence-corrected chi connectivity index (χ3v) is 3.54. The van der Waals surface area contributed by atoms with Crippen LogP contribution in [0.25, 0.3) is 0 Å². The van der Waals surface area contributed by atoms with E-state index < -0.39 is 0 Å². The molecule has 80 valence electrons. The Morgan fingerprint density at radius 3 is 2.94 bits per heavy atom. The van der Waals surface area contributed by atoms with Crippen molar-refractivity contribution in [1.82, 2.24) is 4.98 Å². The average Bonchev–Trinajstić information content (AvgIpc) is 2.82. The zero-order valence-corrected chi connectivity index (χ0v) is 9.41. The molecule has 16 heavy (non-hydrogen) atoms. The number of nitrogens with zero attached hydrogens (tertiary/aromatic N) is 2. The topological polar surface area (TPSA) is 33.2 Å². The summed E-state index contributed by atoms with van der Waals surface area (Å²) < 4.78 is 0. The van der Waals surface area contributed by atoms with Crippen LogP contribution in [0.5, 0.6) is 0 Å². The molecule has 4 heteroatoms. The van der Waals surface area contributed by atoms with E-state index in [-0.39, 0.29) is 5.78 Å². The summed E-state index contributed by atoms with van der Waals surface area (Å²) in [7, 11) is 0. The van der Waals surface area contributed by atoms with Gasteiger partial charge in [-0.1, -0.05) is 24.3 Å². The molecule has 3 nitrogen and oxygen atoms in total. The maximum atomic E-state index is 11.9. The van der Waals surface area contributed by atoms with Crippen molar-refractivity contribution in [3.05, 3.63) is 47.0 Å². The van der Waals surface area contributed by atoms with Crippen LogP contribution in [0.15, 0.2) is 35.8 Å². The number of Topliss-reactive ketones (excluding diaryl/α,β-unsaturated/α-hetero) is 1. The van der Waals surface area contributed by atoms with Gasteiger partial charge in [0, 0.05) is 23.7 Å². The highest BCUT2D eigenvalue weighted by Gasteiger charge is 2.23. The van der Waals surface area contributed by atoms with Crippen molar-refractivity contribution >= 4 is 22.3 Å². The standard InChI is InChI=1S/C12H10N2OS/c15-11-8-14(12-13-5-6-16-12)7-9-3-1-2-4-10(9)11/h1-6H,7-8H2. The molecular weight excluding hydrogens is 220 g/mol. The first-order chi connectivity index (χ1) is 7.84. The van der Waals surface area contributed by atoms with Gasteiger partial charge in [0.25, 0.3) is 0 Å². The fourth-order valence-corrected chi connectivity index (χ4v) is 2.60. The second-order valence-electron chi connectivity index (χ2n) is 3.75. The van der Waals surface area contributed by atoms with E-state index in [9.17, 15) is 4.79 Å². The van der Waals surface area contributed by atoms with Gasteiger partial charge in [-0.15, -0.1) is 11.3 Å². The van der Waals surface area contributed by atoms with Gasteiger partial charge in [0.1, 0.15) is 0 Å². The second kappa shape index (κ2) is 3.72. The lowest BCUT2D eigenvalue weighted by atomic mass is 9.99. The van der Waals surface area contributed by atoms with Gasteiger partial charge in [0.05, 0.1) is 6.54 Å². The summed E-state index contributed by atoms with van der Waals surface area (Å²) in [6, 6.07) is 7.79. The molecular formula is C12H10N2OS. The molecule has 1 aromatic heterocycles. The Morgan fingerprint density at radius 1 is 1.25 bits per heavy atom. The predicted octanol–water partition coefficient (Wildman–Crippen LogP) is 2.35. The lowest BCUT2D eigenvalue weighted by Gasteiger charge is -2.27. The molecule has 0 saturated heterocycles. The molecule has 0 radical (unpaired) electrons. The Kier molecular flexibility index (Phi) is 2.22. The molecule has 0 bridgehead atoms. The maximum absolute atomic E-state index is 11.9. The van der Waals surface area contributed by atoms with Gasteiger partial charge in [0.15, 0.2) is 10.9 Å². The van der Waals surface area contributed by atoms with Gasteiger partial charge in [-0.3, -0.25) is 4.79 Å². The van der Waals surface area contributed by atoms with Crippen LogP contribution in [0.2, 0.25) is 0 Å². The Hall–Kier alpha value is -1.68. The summed E-state index contributed by atoms with van der Waals surface area (Å²) in [6.45, 7) is 1.21. The number of rotatable bonds is 1. The molecule has 0 spiro atoms. The van der Waals surface area contributed by atoms with Crippen LogP contribution >= 0.6 is 11.3 Å². The Bertz CT molecular complexity index is 522. The number of carbonyl (C=O) groups excluding carboxylic acids is 1. The van der Waals surface area contributed by atoms with Crippen molar-refractivity contribution in [1.29, 1.82) is 0 Å². The van der Waals surface area contributed by atoms with Gasteiger partial charge in [-0.25, -0.2) is 4.98 Å². The van der Waals surface area contributed by atoms with E-state index in [0.717, 1.165) is 22.8 Å². The molecule has 0 N–H and O–H groups in total. The number of benzene rings is 1. The van der Waals surface area contributed by atoms with Crippen molar-refractivity contribution < 1.29 is 4.79 Å². The first kappa shape index (κ1) is 9.54. The molecule has 2 aromatic rings. The van der Waals surface area contributed by atoms with Crippen LogP contribution in [0, 0.1) is 0 Å². The largest absolute Gasteiger partial charge is 0.336 e. The molecule has 1 aliphatic heterocycles. The zero-order valence-electron chi connectivity index (χ0n) is 8.59. The number of hydrogen-bond acceptors (Lipinski definition) is 4. The average molecular weight is 230 g/mol. The van der Waals surface area contributed by atoms with E-state index in [1.165, 1.54) is 0 Å². The molecule has 3 rings (SSSR count). The van der Waals surface area contributed by atoms with Crippen LogP contribution in [-0.2, 0) is 6.54 Å². The van der Waals surface area contributed by atoms with Crippen LogP contribution in [0.1, 0.15) is 15.9 Å². The van der Waals surface area contributed by atoms with Crippen molar-refractivity contribution in [2.45, 2.75) is 6.54 Å². The van der Waals surface area contributed by atoms with Gasteiger partial charge in [-0.05, 0) is 5.56 Å². The van der Waals surface area contributed by atoms with E-state index in [1.807, 2.05) is 34.5 Å². The molecule has 0 amide bonds. The maximum Gasteiger partial charge on any atom is 0.185 e. The van der Waals surface area contributed by atoms with Crippen LogP contribution in [0.3, 0.4) is 0 Å². The molecule has 0 atom stereocenters. The van der Waals surface area contributed by atoms with Crippen molar-refractivity contribution in [3.8, 4) is 0 Å². The third-order valence-electron chi connectivity index (χ3n) is 2.70. The number of hydrogen-bond donors (Lipinski definition) is 0.